The van der Waals surface area contributed by atoms with Crippen LogP contribution in [0.5, 0.6) is 0 Å². The summed E-state index contributed by atoms with van der Waals surface area (Å²) in [7, 11) is 2.25. The Morgan fingerprint density at radius 3 is 1.26 bits per heavy atom. The van der Waals surface area contributed by atoms with E-state index in [-0.39, 0.29) is 0 Å². The number of rotatable bonds is 6. The van der Waals surface area contributed by atoms with Crippen molar-refractivity contribution in [2.24, 2.45) is 0 Å². The van der Waals surface area contributed by atoms with Gasteiger partial charge in [0.25, 0.3) is 0 Å². The third-order valence-electron chi connectivity index (χ3n) is 4.06. The Kier molecular flexibility index (Phi) is 5.95. The van der Waals surface area contributed by atoms with E-state index in [0.717, 1.165) is 0 Å². The maximum atomic E-state index is 2.35. The molecule has 0 aliphatic heterocycles. The number of benzene rings is 3. The zero-order valence-electron chi connectivity index (χ0n) is 13.5. The Morgan fingerprint density at radius 1 is 0.609 bits per heavy atom. The summed E-state index contributed by atoms with van der Waals surface area (Å²) in [5.74, 6) is 1.22. The fraction of sp³-hybridized carbons (Fsp3) is 0.143. The van der Waals surface area contributed by atoms with E-state index in [1.54, 1.807) is 9.37 Å². The molecule has 0 fully saturated rings. The molecule has 3 aromatic carbocycles. The van der Waals surface area contributed by atoms with Gasteiger partial charge in [0.2, 0.25) is 0 Å². The minimum atomic E-state index is -3.15. The molecule has 0 amide bonds. The summed E-state index contributed by atoms with van der Waals surface area (Å²) < 4.78 is 4.70. The SMILES string of the molecule is CCC[S][Pb]([c]1ccccc1)([c]1ccccc1)[c]1ccccc1. The molecule has 0 unspecified atom stereocenters. The van der Waals surface area contributed by atoms with Crippen LogP contribution in [0.3, 0.4) is 0 Å². The topological polar surface area (TPSA) is 0 Å². The van der Waals surface area contributed by atoms with Crippen LogP contribution in [-0.2, 0) is 0 Å². The zero-order chi connectivity index (χ0) is 16.0. The van der Waals surface area contributed by atoms with Crippen LogP contribution in [0.4, 0.5) is 0 Å². The molecule has 0 nitrogen and oxygen atoms in total. The van der Waals surface area contributed by atoms with Crippen LogP contribution in [0.1, 0.15) is 13.3 Å². The van der Waals surface area contributed by atoms with Gasteiger partial charge in [0.05, 0.1) is 0 Å². The quantitative estimate of drug-likeness (QED) is 0.452. The minimum absolute atomic E-state index is 1.22. The number of hydrogen-bond acceptors (Lipinski definition) is 1. The molecular weight excluding hydrogens is 491 g/mol. The van der Waals surface area contributed by atoms with E-state index in [1.807, 2.05) is 0 Å². The van der Waals surface area contributed by atoms with Crippen molar-refractivity contribution >= 4 is 37.4 Å². The maximum absolute atomic E-state index is 3.15. The molecule has 0 bridgehead atoms. The molecule has 0 aliphatic rings. The molecule has 0 spiro atoms. The van der Waals surface area contributed by atoms with Gasteiger partial charge in [-0.15, -0.1) is 0 Å². The Hall–Kier alpha value is -1.07. The summed E-state index contributed by atoms with van der Waals surface area (Å²) in [5.41, 5.74) is 0. The van der Waals surface area contributed by atoms with Crippen LogP contribution in [0.2, 0.25) is 0 Å². The Labute approximate surface area is 146 Å². The van der Waals surface area contributed by atoms with Crippen molar-refractivity contribution in [1.82, 2.24) is 0 Å². The summed E-state index contributed by atoms with van der Waals surface area (Å²) in [6.07, 6.45) is 1.22. The molecule has 3 aromatic rings. The first kappa shape index (κ1) is 16.8. The second-order valence-electron chi connectivity index (χ2n) is 5.63. The van der Waals surface area contributed by atoms with Gasteiger partial charge in [0, 0.05) is 0 Å². The van der Waals surface area contributed by atoms with Crippen molar-refractivity contribution in [2.75, 3.05) is 5.75 Å². The van der Waals surface area contributed by atoms with E-state index in [0.29, 0.717) is 0 Å². The average Bonchev–Trinajstić information content (AvgIpc) is 2.65. The molecule has 2 heteroatoms. The molecule has 0 atom stereocenters. The van der Waals surface area contributed by atoms with Gasteiger partial charge in [-0.25, -0.2) is 0 Å². The molecule has 23 heavy (non-hydrogen) atoms. The van der Waals surface area contributed by atoms with Gasteiger partial charge in [0.1, 0.15) is 0 Å². The molecule has 0 saturated carbocycles. The van der Waals surface area contributed by atoms with E-state index in [9.17, 15) is 0 Å². The Morgan fingerprint density at radius 2 is 0.957 bits per heavy atom. The van der Waals surface area contributed by atoms with Crippen molar-refractivity contribution in [3.05, 3.63) is 91.0 Å². The van der Waals surface area contributed by atoms with Crippen molar-refractivity contribution in [2.45, 2.75) is 13.3 Å². The van der Waals surface area contributed by atoms with E-state index < -0.39 is 19.7 Å². The van der Waals surface area contributed by atoms with E-state index >= 15 is 0 Å². The molecular formula is C21H22PbS. The van der Waals surface area contributed by atoms with Gasteiger partial charge in [-0.2, -0.15) is 0 Å². The molecule has 0 radical (unpaired) electrons. The first-order valence-electron chi connectivity index (χ1n) is 8.18. The molecule has 0 saturated heterocycles. The fourth-order valence-corrected chi connectivity index (χ4v) is 31.0. The van der Waals surface area contributed by atoms with Gasteiger partial charge in [-0.1, -0.05) is 0 Å². The molecule has 0 N–H and O–H groups in total. The van der Waals surface area contributed by atoms with Crippen molar-refractivity contribution in [3.63, 3.8) is 0 Å². The van der Waals surface area contributed by atoms with E-state index in [4.69, 9.17) is 0 Å². The normalized spacial score (nSPS) is 11.3. The second kappa shape index (κ2) is 8.16. The monoisotopic (exact) mass is 514 g/mol. The Bertz CT molecular complexity index is 614. The molecule has 0 aliphatic carbocycles. The van der Waals surface area contributed by atoms with E-state index in [1.165, 1.54) is 12.2 Å². The van der Waals surface area contributed by atoms with Gasteiger partial charge in [0.15, 0.2) is 0 Å². The van der Waals surface area contributed by atoms with Crippen LogP contribution in [-0.4, -0.2) is 25.4 Å². The first-order chi connectivity index (χ1) is 11.4. The summed E-state index contributed by atoms with van der Waals surface area (Å²) in [4.78, 5) is 0. The summed E-state index contributed by atoms with van der Waals surface area (Å²) in [6, 6.07) is 33.7. The fourth-order valence-electron chi connectivity index (χ4n) is 3.02. The predicted octanol–water partition coefficient (Wildman–Crippen LogP) is 3.80. The van der Waals surface area contributed by atoms with Crippen LogP contribution >= 0.6 is 8.31 Å². The Balaban J connectivity index is 2.25. The van der Waals surface area contributed by atoms with Crippen LogP contribution in [0.25, 0.3) is 0 Å². The summed E-state index contributed by atoms with van der Waals surface area (Å²) >= 11 is -3.15. The third-order valence-corrected chi connectivity index (χ3v) is 32.1. The van der Waals surface area contributed by atoms with Gasteiger partial charge in [-0.05, 0) is 0 Å². The van der Waals surface area contributed by atoms with Crippen LogP contribution in [0, 0.1) is 0 Å². The average molecular weight is 514 g/mol. The summed E-state index contributed by atoms with van der Waals surface area (Å²) in [6.45, 7) is 2.28. The molecule has 3 rings (SSSR count). The standard InChI is InChI=1S/3C6H5.C3H8S.Pb/c3*1-2-4-6-5-3-1;1-2-3-4;/h3*1-5H;4H,2-3H2,1H3;/q;;;;+1/p-1. The van der Waals surface area contributed by atoms with Crippen molar-refractivity contribution < 1.29 is 0 Å². The molecule has 0 aromatic heterocycles. The molecule has 116 valence electrons. The van der Waals surface area contributed by atoms with Gasteiger partial charge in [-0.3, -0.25) is 0 Å². The summed E-state index contributed by atoms with van der Waals surface area (Å²) in [5, 5.41) is 0. The van der Waals surface area contributed by atoms with Gasteiger partial charge < -0.3 is 0 Å². The number of hydrogen-bond donors (Lipinski definition) is 0. The predicted molar refractivity (Wildman–Crippen MR) is 107 cm³/mol. The van der Waals surface area contributed by atoms with E-state index in [2.05, 4.69) is 106 Å². The second-order valence-corrected chi connectivity index (χ2v) is 27.1. The van der Waals surface area contributed by atoms with Crippen molar-refractivity contribution in [1.29, 1.82) is 0 Å². The first-order valence-corrected chi connectivity index (χ1v) is 19.8. The molecule has 0 heterocycles. The van der Waals surface area contributed by atoms with Crippen LogP contribution in [0.15, 0.2) is 91.0 Å². The zero-order valence-corrected chi connectivity index (χ0v) is 18.2. The van der Waals surface area contributed by atoms with Gasteiger partial charge >= 0.3 is 147 Å². The van der Waals surface area contributed by atoms with Crippen LogP contribution < -0.4 is 9.37 Å². The third kappa shape index (κ3) is 3.56. The van der Waals surface area contributed by atoms with Crippen molar-refractivity contribution in [3.8, 4) is 0 Å².